The standard InChI is InChI=1S/C27H35AsN3O5/c1-16(2)36-27(34)24(18(4)32)28-12-19-6-7-23-22(11-19)29-25(31(23)13-20-8-9-35-15-20)21-10-17(3)26(33)30(5)14-21/h6-7,10-11,14,16,18,20,24,32H,8-9,12-13,15H2,1-5H3. The zero-order chi connectivity index (χ0) is 26.0. The van der Waals surface area contributed by atoms with Gasteiger partial charge in [-0.3, -0.25) is 0 Å². The average Bonchev–Trinajstić information content (AvgIpc) is 3.45. The second-order valence-electron chi connectivity index (χ2n) is 9.94. The Hall–Kier alpha value is -2.41. The van der Waals surface area contributed by atoms with E-state index in [1.165, 1.54) is 0 Å². The molecular weight excluding hydrogens is 521 g/mol. The Morgan fingerprint density at radius 2 is 2.08 bits per heavy atom. The van der Waals surface area contributed by atoms with E-state index >= 15 is 0 Å². The molecule has 8 nitrogen and oxygen atoms in total. The van der Waals surface area contributed by atoms with E-state index in [0.717, 1.165) is 54.2 Å². The van der Waals surface area contributed by atoms with Crippen molar-refractivity contribution in [2.45, 2.75) is 62.8 Å². The molecule has 1 fully saturated rings. The molecule has 0 amide bonds. The molecular formula is C27H35AsN3O5. The summed E-state index contributed by atoms with van der Waals surface area (Å²) in [5.74, 6) is 0.929. The van der Waals surface area contributed by atoms with Crippen molar-refractivity contribution in [2.75, 3.05) is 13.2 Å². The molecule has 0 saturated carbocycles. The van der Waals surface area contributed by atoms with E-state index < -0.39 is 26.6 Å². The average molecular weight is 557 g/mol. The SMILES string of the molecule is Cc1cc(-c2nc3cc(C[As]C(C(=O)OC(C)C)C(C)O)ccc3n2CC2CCOC2)cn(C)c1=O. The van der Waals surface area contributed by atoms with Crippen LogP contribution >= 0.6 is 0 Å². The van der Waals surface area contributed by atoms with Crippen molar-refractivity contribution >= 4 is 32.8 Å². The van der Waals surface area contributed by atoms with E-state index in [0.29, 0.717) is 16.7 Å². The van der Waals surface area contributed by atoms with Crippen LogP contribution in [0.15, 0.2) is 35.3 Å². The number of nitrogens with zero attached hydrogens (tertiary/aromatic N) is 3. The van der Waals surface area contributed by atoms with E-state index in [2.05, 4.69) is 22.8 Å². The van der Waals surface area contributed by atoms with Gasteiger partial charge in [0.1, 0.15) is 0 Å². The second-order valence-corrected chi connectivity index (χ2v) is 12.5. The van der Waals surface area contributed by atoms with Crippen molar-refractivity contribution in [2.24, 2.45) is 13.0 Å². The van der Waals surface area contributed by atoms with Gasteiger partial charge in [0, 0.05) is 0 Å². The molecule has 0 aliphatic carbocycles. The molecule has 9 heteroatoms. The number of rotatable bonds is 9. The zero-order valence-electron chi connectivity index (χ0n) is 21.6. The predicted octanol–water partition coefficient (Wildman–Crippen LogP) is 3.07. The first kappa shape index (κ1) is 26.6. The third-order valence-electron chi connectivity index (χ3n) is 6.42. The molecule has 1 aliphatic heterocycles. The molecule has 3 aromatic rings. The van der Waals surface area contributed by atoms with Gasteiger partial charge >= 0.3 is 219 Å². The fraction of sp³-hybridized carbons (Fsp3) is 0.519. The number of aryl methyl sites for hydroxylation is 2. The summed E-state index contributed by atoms with van der Waals surface area (Å²) in [6.45, 7) is 9.43. The van der Waals surface area contributed by atoms with Crippen LogP contribution in [0, 0.1) is 12.8 Å². The Balaban J connectivity index is 1.67. The van der Waals surface area contributed by atoms with Crippen LogP contribution < -0.4 is 5.56 Å². The molecule has 3 unspecified atom stereocenters. The molecule has 2 aromatic heterocycles. The summed E-state index contributed by atoms with van der Waals surface area (Å²) in [6, 6.07) is 8.17. The van der Waals surface area contributed by atoms with Gasteiger partial charge in [0.2, 0.25) is 0 Å². The third-order valence-corrected chi connectivity index (χ3v) is 9.74. The Labute approximate surface area is 218 Å². The number of esters is 1. The van der Waals surface area contributed by atoms with Gasteiger partial charge in [-0.25, -0.2) is 0 Å². The molecule has 1 saturated heterocycles. The van der Waals surface area contributed by atoms with Gasteiger partial charge in [0.05, 0.1) is 0 Å². The number of carbonyl (C=O) groups is 1. The normalized spacial score (nSPS) is 17.9. The first-order chi connectivity index (χ1) is 17.1. The molecule has 4 rings (SSSR count). The number of aromatic nitrogens is 3. The van der Waals surface area contributed by atoms with Crippen LogP contribution in [0.25, 0.3) is 22.4 Å². The summed E-state index contributed by atoms with van der Waals surface area (Å²) in [6.07, 6.45) is 1.91. The first-order valence-electron chi connectivity index (χ1n) is 12.4. The van der Waals surface area contributed by atoms with Crippen molar-refractivity contribution in [3.8, 4) is 11.4 Å². The number of ether oxygens (including phenoxy) is 2. The van der Waals surface area contributed by atoms with E-state index in [1.54, 1.807) is 18.5 Å². The van der Waals surface area contributed by atoms with Crippen LogP contribution in [0.3, 0.4) is 0 Å². The van der Waals surface area contributed by atoms with Gasteiger partial charge in [-0.1, -0.05) is 0 Å². The molecule has 1 aliphatic rings. The quantitative estimate of drug-likeness (QED) is 0.322. The summed E-state index contributed by atoms with van der Waals surface area (Å²) in [4.78, 5) is 29.8. The monoisotopic (exact) mass is 556 g/mol. The second kappa shape index (κ2) is 11.3. The zero-order valence-corrected chi connectivity index (χ0v) is 23.5. The Morgan fingerprint density at radius 1 is 1.31 bits per heavy atom. The number of benzene rings is 1. The number of aliphatic hydroxyl groups excluding tert-OH is 1. The number of hydrogen-bond donors (Lipinski definition) is 1. The van der Waals surface area contributed by atoms with Crippen molar-refractivity contribution in [1.82, 2.24) is 14.1 Å². The van der Waals surface area contributed by atoms with Gasteiger partial charge in [-0.15, -0.1) is 0 Å². The summed E-state index contributed by atoms with van der Waals surface area (Å²) in [5.41, 5.74) is 4.58. The summed E-state index contributed by atoms with van der Waals surface area (Å²) in [7, 11) is 1.76. The number of hydrogen-bond acceptors (Lipinski definition) is 6. The van der Waals surface area contributed by atoms with Gasteiger partial charge in [0.25, 0.3) is 0 Å². The van der Waals surface area contributed by atoms with Crippen LogP contribution in [0.2, 0.25) is 4.71 Å². The minimum absolute atomic E-state index is 0.0140. The maximum atomic E-state index is 12.5. The molecule has 0 spiro atoms. The van der Waals surface area contributed by atoms with Gasteiger partial charge in [0.15, 0.2) is 0 Å². The minimum atomic E-state index is -0.743. The summed E-state index contributed by atoms with van der Waals surface area (Å²) in [5, 5.41) is 10.9. The topological polar surface area (TPSA) is 95.6 Å². The van der Waals surface area contributed by atoms with Gasteiger partial charge in [-0.05, 0) is 0 Å². The van der Waals surface area contributed by atoms with Crippen LogP contribution in [0.5, 0.6) is 0 Å². The van der Waals surface area contributed by atoms with Gasteiger partial charge < -0.3 is 0 Å². The summed E-state index contributed by atoms with van der Waals surface area (Å²) >= 11 is -0.501. The van der Waals surface area contributed by atoms with Gasteiger partial charge in [-0.2, -0.15) is 0 Å². The fourth-order valence-corrected chi connectivity index (χ4v) is 6.94. The Morgan fingerprint density at radius 3 is 2.72 bits per heavy atom. The van der Waals surface area contributed by atoms with E-state index in [9.17, 15) is 14.7 Å². The molecule has 3 heterocycles. The number of imidazole rings is 1. The third kappa shape index (κ3) is 5.93. The molecule has 1 aromatic carbocycles. The molecule has 193 valence electrons. The molecule has 3 atom stereocenters. The van der Waals surface area contributed by atoms with E-state index in [-0.39, 0.29) is 17.6 Å². The maximum absolute atomic E-state index is 12.5. The Kier molecular flexibility index (Phi) is 8.38. The van der Waals surface area contributed by atoms with Crippen molar-refractivity contribution in [1.29, 1.82) is 0 Å². The van der Waals surface area contributed by atoms with Crippen molar-refractivity contribution in [3.05, 3.63) is 51.9 Å². The fourth-order valence-electron chi connectivity index (χ4n) is 4.59. The molecule has 1 N–H and O–H groups in total. The van der Waals surface area contributed by atoms with Crippen molar-refractivity contribution in [3.63, 3.8) is 0 Å². The van der Waals surface area contributed by atoms with Crippen LogP contribution in [0.1, 0.15) is 38.3 Å². The van der Waals surface area contributed by atoms with Crippen molar-refractivity contribution < 1.29 is 19.4 Å². The van der Waals surface area contributed by atoms with Crippen LogP contribution in [-0.2, 0) is 33.1 Å². The predicted molar refractivity (Wildman–Crippen MR) is 140 cm³/mol. The van der Waals surface area contributed by atoms with E-state index in [1.807, 2.05) is 33.0 Å². The first-order valence-corrected chi connectivity index (χ1v) is 14.8. The van der Waals surface area contributed by atoms with Crippen LogP contribution in [-0.4, -0.2) is 66.4 Å². The summed E-state index contributed by atoms with van der Waals surface area (Å²) < 4.78 is 14.3. The number of aliphatic hydroxyl groups is 1. The van der Waals surface area contributed by atoms with E-state index in [4.69, 9.17) is 14.5 Å². The van der Waals surface area contributed by atoms with Crippen LogP contribution in [0.4, 0.5) is 0 Å². The Bertz CT molecular complexity index is 1260. The number of fused-ring (bicyclic) bond motifs is 1. The number of pyridine rings is 1. The number of carbonyl (C=O) groups excluding carboxylic acids is 1. The molecule has 1 radical (unpaired) electrons. The molecule has 0 bridgehead atoms. The molecule has 36 heavy (non-hydrogen) atoms.